The van der Waals surface area contributed by atoms with Gasteiger partial charge in [-0.15, -0.1) is 5.10 Å². The van der Waals surface area contributed by atoms with Crippen molar-refractivity contribution in [3.8, 4) is 17.2 Å². The molecule has 0 saturated heterocycles. The molecular formula is C23H27N5O4S. The Hall–Kier alpha value is -3.14. The van der Waals surface area contributed by atoms with Crippen molar-refractivity contribution >= 4 is 21.5 Å². The van der Waals surface area contributed by atoms with Crippen LogP contribution in [0.2, 0.25) is 0 Å². The molecule has 1 heterocycles. The molecule has 0 amide bonds. The lowest BCUT2D eigenvalue weighted by molar-refractivity contribution is 0.445. The van der Waals surface area contributed by atoms with Crippen molar-refractivity contribution in [1.29, 1.82) is 0 Å². The maximum Gasteiger partial charge on any atom is 0.267 e. The van der Waals surface area contributed by atoms with Gasteiger partial charge >= 0.3 is 0 Å². The zero-order chi connectivity index (χ0) is 23.0. The van der Waals surface area contributed by atoms with Crippen LogP contribution < -0.4 is 10.1 Å². The molecule has 2 aromatic carbocycles. The number of aromatic amines is 1. The number of nitrogens with one attached hydrogen (secondary N) is 2. The van der Waals surface area contributed by atoms with Crippen molar-refractivity contribution in [2.24, 2.45) is 5.92 Å². The van der Waals surface area contributed by atoms with Gasteiger partial charge in [0.2, 0.25) is 0 Å². The first-order valence-corrected chi connectivity index (χ1v) is 13.0. The number of aromatic nitrogens is 4. The molecule has 0 aliphatic heterocycles. The zero-order valence-corrected chi connectivity index (χ0v) is 19.3. The molecule has 1 aromatic heterocycles. The van der Waals surface area contributed by atoms with Gasteiger partial charge < -0.3 is 15.2 Å². The quantitative estimate of drug-likeness (QED) is 0.469. The minimum absolute atomic E-state index is 0.0587. The number of aromatic hydroxyl groups is 1. The number of hydrogen-bond donors (Lipinski definition) is 3. The molecule has 1 fully saturated rings. The van der Waals surface area contributed by atoms with E-state index in [0.717, 1.165) is 73.1 Å². The predicted molar refractivity (Wildman–Crippen MR) is 123 cm³/mol. The highest BCUT2D eigenvalue weighted by Gasteiger charge is 2.28. The molecule has 0 bridgehead atoms. The van der Waals surface area contributed by atoms with Crippen LogP contribution in [0.3, 0.4) is 0 Å². The van der Waals surface area contributed by atoms with E-state index >= 15 is 0 Å². The Labute approximate surface area is 192 Å². The fourth-order valence-corrected chi connectivity index (χ4v) is 6.81. The fourth-order valence-electron chi connectivity index (χ4n) is 4.99. The smallest absolute Gasteiger partial charge is 0.267 e. The molecule has 0 atom stereocenters. The van der Waals surface area contributed by atoms with E-state index in [2.05, 4.69) is 25.9 Å². The Kier molecular flexibility index (Phi) is 5.69. The largest absolute Gasteiger partial charge is 0.507 e. The zero-order valence-electron chi connectivity index (χ0n) is 18.5. The number of H-pyrrole nitrogens is 1. The number of phenols is 1. The summed E-state index contributed by atoms with van der Waals surface area (Å²) in [6.45, 7) is 1.95. The molecule has 5 rings (SSSR count). The Bertz CT molecular complexity index is 1270. The van der Waals surface area contributed by atoms with Crippen molar-refractivity contribution in [3.05, 3.63) is 41.0 Å². The number of nitrogens with zero attached hydrogens (tertiary/aromatic N) is 3. The number of benzene rings is 2. The summed E-state index contributed by atoms with van der Waals surface area (Å²) in [7, 11) is -3.61. The van der Waals surface area contributed by atoms with E-state index in [-0.39, 0.29) is 22.3 Å². The van der Waals surface area contributed by atoms with E-state index in [1.807, 2.05) is 13.0 Å². The molecule has 0 spiro atoms. The molecular weight excluding hydrogens is 442 g/mol. The van der Waals surface area contributed by atoms with Crippen LogP contribution >= 0.6 is 0 Å². The minimum Gasteiger partial charge on any atom is -0.507 e. The average Bonchev–Trinajstić information content (AvgIpc) is 3.54. The first-order chi connectivity index (χ1) is 15.9. The number of rotatable bonds is 7. The van der Waals surface area contributed by atoms with Gasteiger partial charge in [-0.3, -0.25) is 0 Å². The highest BCUT2D eigenvalue weighted by atomic mass is 32.2. The normalized spacial score (nSPS) is 16.2. The van der Waals surface area contributed by atoms with Crippen molar-refractivity contribution < 1.29 is 18.3 Å². The summed E-state index contributed by atoms with van der Waals surface area (Å²) in [6, 6.07) is 6.44. The summed E-state index contributed by atoms with van der Waals surface area (Å²) < 4.78 is 32.3. The molecule has 1 saturated carbocycles. The van der Waals surface area contributed by atoms with Crippen molar-refractivity contribution in [2.75, 3.05) is 11.1 Å². The highest BCUT2D eigenvalue weighted by Crippen LogP contribution is 2.42. The van der Waals surface area contributed by atoms with Gasteiger partial charge in [-0.1, -0.05) is 17.9 Å². The predicted octanol–water partition coefficient (Wildman–Crippen LogP) is 4.20. The van der Waals surface area contributed by atoms with Crippen molar-refractivity contribution in [1.82, 2.24) is 20.6 Å². The average molecular weight is 470 g/mol. The van der Waals surface area contributed by atoms with Gasteiger partial charge in [-0.2, -0.15) is 5.21 Å². The molecule has 0 unspecified atom stereocenters. The molecule has 2 aliphatic rings. The van der Waals surface area contributed by atoms with Gasteiger partial charge in [0.1, 0.15) is 22.1 Å². The van der Waals surface area contributed by atoms with E-state index in [4.69, 9.17) is 4.74 Å². The van der Waals surface area contributed by atoms with Crippen LogP contribution in [0, 0.1) is 12.8 Å². The third-order valence-electron chi connectivity index (χ3n) is 6.54. The Balaban J connectivity index is 1.45. The van der Waals surface area contributed by atoms with E-state index in [1.165, 1.54) is 12.1 Å². The second kappa shape index (κ2) is 8.66. The summed E-state index contributed by atoms with van der Waals surface area (Å²) in [6.07, 6.45) is 6.72. The van der Waals surface area contributed by atoms with Gasteiger partial charge in [-0.05, 0) is 79.5 Å². The van der Waals surface area contributed by atoms with Crippen LogP contribution in [0.25, 0.3) is 0 Å². The minimum atomic E-state index is -3.61. The maximum absolute atomic E-state index is 13.0. The van der Waals surface area contributed by atoms with Crippen molar-refractivity contribution in [3.63, 3.8) is 0 Å². The second-order valence-corrected chi connectivity index (χ2v) is 10.9. The van der Waals surface area contributed by atoms with Gasteiger partial charge in [0, 0.05) is 17.3 Å². The van der Waals surface area contributed by atoms with Gasteiger partial charge in [-0.25, -0.2) is 8.42 Å². The van der Waals surface area contributed by atoms with Gasteiger partial charge in [0.15, 0.2) is 9.84 Å². The number of tetrazole rings is 1. The standard InChI is InChI=1S/C23H27N5O4S/c1-14-11-19(24-23-25-27-28-26-23)17-7-4-8-18(17)22(14)32-16-9-10-20(29)21(12-16)33(30,31)13-15-5-2-3-6-15/h9-12,15,29H,2-8,13H2,1H3,(H2,24,25,26,27,28). The number of ether oxygens (including phenoxy) is 1. The van der Waals surface area contributed by atoms with Crippen LogP contribution in [0.4, 0.5) is 11.6 Å². The van der Waals surface area contributed by atoms with Gasteiger partial charge in [0.25, 0.3) is 5.95 Å². The van der Waals surface area contributed by atoms with E-state index in [9.17, 15) is 13.5 Å². The van der Waals surface area contributed by atoms with Crippen molar-refractivity contribution in [2.45, 2.75) is 56.8 Å². The molecule has 10 heteroatoms. The lowest BCUT2D eigenvalue weighted by Gasteiger charge is -2.18. The van der Waals surface area contributed by atoms with Crippen LogP contribution in [0.1, 0.15) is 48.8 Å². The SMILES string of the molecule is Cc1cc(Nc2nn[nH]n2)c2c(c1Oc1ccc(O)c(S(=O)(=O)CC3CCCC3)c1)CCC2. The lowest BCUT2D eigenvalue weighted by Crippen LogP contribution is -2.14. The lowest BCUT2D eigenvalue weighted by atomic mass is 10.0. The number of sulfone groups is 1. The molecule has 174 valence electrons. The molecule has 33 heavy (non-hydrogen) atoms. The Morgan fingerprint density at radius 3 is 2.70 bits per heavy atom. The van der Waals surface area contributed by atoms with E-state index in [0.29, 0.717) is 11.7 Å². The van der Waals surface area contributed by atoms with Crippen LogP contribution in [-0.2, 0) is 22.7 Å². The topological polar surface area (TPSA) is 130 Å². The third-order valence-corrected chi connectivity index (χ3v) is 8.45. The van der Waals surface area contributed by atoms with Gasteiger partial charge in [0.05, 0.1) is 5.75 Å². The Morgan fingerprint density at radius 1 is 1.15 bits per heavy atom. The fraction of sp³-hybridized carbons (Fsp3) is 0.435. The summed E-state index contributed by atoms with van der Waals surface area (Å²) in [5.74, 6) is 1.51. The molecule has 2 aliphatic carbocycles. The van der Waals surface area contributed by atoms with E-state index < -0.39 is 9.84 Å². The van der Waals surface area contributed by atoms with Crippen LogP contribution in [-0.4, -0.2) is 39.9 Å². The molecule has 3 aromatic rings. The first kappa shape index (κ1) is 21.7. The summed E-state index contributed by atoms with van der Waals surface area (Å²) >= 11 is 0. The van der Waals surface area contributed by atoms with Crippen LogP contribution in [0.5, 0.6) is 17.2 Å². The highest BCUT2D eigenvalue weighted by molar-refractivity contribution is 7.91. The summed E-state index contributed by atoms with van der Waals surface area (Å²) in [4.78, 5) is -0.0587. The number of aryl methyl sites for hydroxylation is 1. The second-order valence-electron chi connectivity index (χ2n) is 8.90. The number of anilines is 2. The summed E-state index contributed by atoms with van der Waals surface area (Å²) in [5, 5.41) is 27.5. The number of hydrogen-bond acceptors (Lipinski definition) is 8. The Morgan fingerprint density at radius 2 is 1.94 bits per heavy atom. The maximum atomic E-state index is 13.0. The monoisotopic (exact) mass is 469 g/mol. The number of phenolic OH excluding ortho intramolecular Hbond substituents is 1. The molecule has 9 nitrogen and oxygen atoms in total. The molecule has 3 N–H and O–H groups in total. The first-order valence-electron chi connectivity index (χ1n) is 11.3. The number of fused-ring (bicyclic) bond motifs is 1. The third kappa shape index (κ3) is 4.39. The molecule has 0 radical (unpaired) electrons. The summed E-state index contributed by atoms with van der Waals surface area (Å²) in [5.41, 5.74) is 4.04. The van der Waals surface area contributed by atoms with Crippen LogP contribution in [0.15, 0.2) is 29.2 Å². The van der Waals surface area contributed by atoms with E-state index in [1.54, 1.807) is 6.07 Å².